The van der Waals surface area contributed by atoms with Crippen molar-refractivity contribution in [2.24, 2.45) is 16.6 Å². The topological polar surface area (TPSA) is 62.9 Å². The molecule has 0 bridgehead atoms. The highest BCUT2D eigenvalue weighted by molar-refractivity contribution is 14.0. The Bertz CT molecular complexity index is 577. The van der Waals surface area contributed by atoms with Gasteiger partial charge < -0.3 is 15.8 Å². The molecule has 26 heavy (non-hydrogen) atoms. The third-order valence-electron chi connectivity index (χ3n) is 4.25. The van der Waals surface area contributed by atoms with E-state index >= 15 is 0 Å². The van der Waals surface area contributed by atoms with Crippen molar-refractivity contribution < 1.29 is 4.74 Å². The number of nitrogens with one attached hydrogen (secondary N) is 1. The molecule has 1 aromatic carbocycles. The zero-order chi connectivity index (χ0) is 18.4. The number of benzene rings is 1. The molecule has 0 aromatic heterocycles. The standard InChI is InChI=1S/C19H31ClN4O.HI/c1-14(2)11-22-18(21)23-12-17(15-5-7-16(20)8-6-15)24-9-10-25-19(3,4)13-24;/h5-8,14,17H,9-13H2,1-4H3,(H3,21,22,23);1H. The molecule has 1 fully saturated rings. The van der Waals surface area contributed by atoms with Crippen LogP contribution in [0.4, 0.5) is 0 Å². The van der Waals surface area contributed by atoms with Gasteiger partial charge in [-0.15, -0.1) is 24.0 Å². The van der Waals surface area contributed by atoms with Gasteiger partial charge in [-0.25, -0.2) is 0 Å². The van der Waals surface area contributed by atoms with Crippen molar-refractivity contribution in [2.75, 3.05) is 32.8 Å². The van der Waals surface area contributed by atoms with Crippen LogP contribution in [-0.2, 0) is 4.74 Å². The largest absolute Gasteiger partial charge is 0.373 e. The first kappa shape index (κ1) is 23.5. The van der Waals surface area contributed by atoms with E-state index in [1.165, 1.54) is 5.56 Å². The van der Waals surface area contributed by atoms with Gasteiger partial charge in [-0.2, -0.15) is 0 Å². The van der Waals surface area contributed by atoms with Gasteiger partial charge in [0.2, 0.25) is 0 Å². The number of nitrogens with zero attached hydrogens (tertiary/aromatic N) is 2. The molecule has 0 spiro atoms. The third kappa shape index (κ3) is 7.58. The second kappa shape index (κ2) is 10.7. The number of hydrogen-bond donors (Lipinski definition) is 2. The van der Waals surface area contributed by atoms with Crippen molar-refractivity contribution in [2.45, 2.75) is 39.3 Å². The lowest BCUT2D eigenvalue weighted by Gasteiger charge is -2.42. The van der Waals surface area contributed by atoms with E-state index in [2.05, 4.69) is 55.0 Å². The average molecular weight is 495 g/mol. The highest BCUT2D eigenvalue weighted by Crippen LogP contribution is 2.27. The summed E-state index contributed by atoms with van der Waals surface area (Å²) in [5.74, 6) is 0.993. The first-order valence-electron chi connectivity index (χ1n) is 8.94. The van der Waals surface area contributed by atoms with E-state index in [1.807, 2.05) is 12.1 Å². The Morgan fingerprint density at radius 1 is 1.35 bits per heavy atom. The van der Waals surface area contributed by atoms with E-state index in [9.17, 15) is 0 Å². The smallest absolute Gasteiger partial charge is 0.188 e. The minimum atomic E-state index is -0.153. The van der Waals surface area contributed by atoms with Gasteiger partial charge in [0.15, 0.2) is 5.96 Å². The van der Waals surface area contributed by atoms with Gasteiger partial charge in [0, 0.05) is 31.2 Å². The maximum absolute atomic E-state index is 6.06. The van der Waals surface area contributed by atoms with Crippen molar-refractivity contribution >= 4 is 41.5 Å². The lowest BCUT2D eigenvalue weighted by molar-refractivity contribution is -0.0971. The van der Waals surface area contributed by atoms with Crippen LogP contribution in [0.2, 0.25) is 5.02 Å². The summed E-state index contributed by atoms with van der Waals surface area (Å²) in [6, 6.07) is 8.22. The fourth-order valence-electron chi connectivity index (χ4n) is 3.00. The van der Waals surface area contributed by atoms with Gasteiger partial charge in [-0.1, -0.05) is 37.6 Å². The molecule has 2 rings (SSSR count). The Kier molecular flexibility index (Phi) is 9.64. The van der Waals surface area contributed by atoms with Crippen molar-refractivity contribution in [3.05, 3.63) is 34.9 Å². The predicted molar refractivity (Wildman–Crippen MR) is 121 cm³/mol. The summed E-state index contributed by atoms with van der Waals surface area (Å²) < 4.78 is 5.86. The van der Waals surface area contributed by atoms with Crippen LogP contribution in [0.5, 0.6) is 0 Å². The van der Waals surface area contributed by atoms with Crippen LogP contribution in [0.3, 0.4) is 0 Å². The van der Waals surface area contributed by atoms with Crippen LogP contribution in [0.25, 0.3) is 0 Å². The minimum Gasteiger partial charge on any atom is -0.373 e. The fourth-order valence-corrected chi connectivity index (χ4v) is 3.13. The molecule has 0 saturated carbocycles. The Hall–Kier alpha value is -0.570. The van der Waals surface area contributed by atoms with E-state index in [1.54, 1.807) is 0 Å². The van der Waals surface area contributed by atoms with Gasteiger partial charge in [-0.3, -0.25) is 9.89 Å². The van der Waals surface area contributed by atoms with E-state index in [0.717, 1.165) is 31.3 Å². The van der Waals surface area contributed by atoms with E-state index in [-0.39, 0.29) is 35.6 Å². The second-order valence-corrected chi connectivity index (χ2v) is 8.08. The monoisotopic (exact) mass is 494 g/mol. The molecular formula is C19H32ClIN4O. The van der Waals surface area contributed by atoms with E-state index in [4.69, 9.17) is 22.1 Å². The summed E-state index contributed by atoms with van der Waals surface area (Å²) >= 11 is 6.06. The van der Waals surface area contributed by atoms with Gasteiger partial charge in [0.05, 0.1) is 18.2 Å². The van der Waals surface area contributed by atoms with Crippen LogP contribution in [0, 0.1) is 5.92 Å². The van der Waals surface area contributed by atoms with Crippen LogP contribution in [0.15, 0.2) is 29.3 Å². The highest BCUT2D eigenvalue weighted by atomic mass is 127. The summed E-state index contributed by atoms with van der Waals surface area (Å²) in [7, 11) is 0. The second-order valence-electron chi connectivity index (χ2n) is 7.65. The Morgan fingerprint density at radius 2 is 2.00 bits per heavy atom. The molecule has 1 aromatic rings. The third-order valence-corrected chi connectivity index (χ3v) is 4.51. The summed E-state index contributed by atoms with van der Waals surface area (Å²) in [6.07, 6.45) is 0. The first-order chi connectivity index (χ1) is 11.8. The fraction of sp³-hybridized carbons (Fsp3) is 0.632. The van der Waals surface area contributed by atoms with Crippen LogP contribution in [-0.4, -0.2) is 49.2 Å². The maximum Gasteiger partial charge on any atom is 0.188 e. The summed E-state index contributed by atoms with van der Waals surface area (Å²) in [6.45, 7) is 12.4. The van der Waals surface area contributed by atoms with E-state index < -0.39 is 0 Å². The maximum atomic E-state index is 6.06. The normalized spacial score (nSPS) is 19.1. The van der Waals surface area contributed by atoms with Gasteiger partial charge in [0.25, 0.3) is 0 Å². The lowest BCUT2D eigenvalue weighted by atomic mass is 10.0. The van der Waals surface area contributed by atoms with Gasteiger partial charge in [-0.05, 0) is 37.5 Å². The number of halogens is 2. The molecule has 1 aliphatic rings. The van der Waals surface area contributed by atoms with Crippen molar-refractivity contribution in [3.8, 4) is 0 Å². The van der Waals surface area contributed by atoms with Crippen molar-refractivity contribution in [1.82, 2.24) is 10.2 Å². The van der Waals surface area contributed by atoms with Crippen molar-refractivity contribution in [3.63, 3.8) is 0 Å². The SMILES string of the molecule is CC(C)CN=C(N)NCC(c1ccc(Cl)cc1)N1CCOC(C)(C)C1.I. The molecular weight excluding hydrogens is 463 g/mol. The molecule has 3 N–H and O–H groups in total. The molecule has 0 aliphatic carbocycles. The molecule has 1 aliphatic heterocycles. The zero-order valence-corrected chi connectivity index (χ0v) is 19.3. The molecule has 1 unspecified atom stereocenters. The first-order valence-corrected chi connectivity index (χ1v) is 9.32. The Morgan fingerprint density at radius 3 is 2.58 bits per heavy atom. The highest BCUT2D eigenvalue weighted by Gasteiger charge is 2.32. The molecule has 0 amide bonds. The quantitative estimate of drug-likeness (QED) is 0.360. The molecule has 5 nitrogen and oxygen atoms in total. The number of rotatable bonds is 6. The number of nitrogens with two attached hydrogens (primary N) is 1. The molecule has 1 saturated heterocycles. The summed E-state index contributed by atoms with van der Waals surface area (Å²) in [5.41, 5.74) is 7.09. The Labute approximate surface area is 179 Å². The van der Waals surface area contributed by atoms with E-state index in [0.29, 0.717) is 18.4 Å². The lowest BCUT2D eigenvalue weighted by Crippen LogP contribution is -2.51. The number of hydrogen-bond acceptors (Lipinski definition) is 3. The number of morpholine rings is 1. The minimum absolute atomic E-state index is 0. The Balaban J connectivity index is 0.00000338. The molecule has 148 valence electrons. The molecule has 1 heterocycles. The summed E-state index contributed by atoms with van der Waals surface area (Å²) in [5, 5.41) is 4.03. The molecule has 7 heteroatoms. The average Bonchev–Trinajstić information content (AvgIpc) is 2.54. The number of aliphatic imine (C=N–C) groups is 1. The number of ether oxygens (including phenoxy) is 1. The zero-order valence-electron chi connectivity index (χ0n) is 16.2. The number of guanidine groups is 1. The molecule has 0 radical (unpaired) electrons. The van der Waals surface area contributed by atoms with Crippen molar-refractivity contribution in [1.29, 1.82) is 0 Å². The van der Waals surface area contributed by atoms with Crippen LogP contribution >= 0.6 is 35.6 Å². The predicted octanol–water partition coefficient (Wildman–Crippen LogP) is 3.67. The van der Waals surface area contributed by atoms with Crippen LogP contribution < -0.4 is 11.1 Å². The van der Waals surface area contributed by atoms with Gasteiger partial charge in [0.1, 0.15) is 0 Å². The molecule has 1 atom stereocenters. The summed E-state index contributed by atoms with van der Waals surface area (Å²) in [4.78, 5) is 6.84. The van der Waals surface area contributed by atoms with Crippen LogP contribution in [0.1, 0.15) is 39.3 Å². The van der Waals surface area contributed by atoms with Gasteiger partial charge >= 0.3 is 0 Å².